The fraction of sp³-hybridized carbons (Fsp3) is 0.455. The molecule has 0 amide bonds. The minimum atomic E-state index is -0.486. The Labute approximate surface area is 110 Å². The van der Waals surface area contributed by atoms with Gasteiger partial charge in [-0.2, -0.15) is 0 Å². The van der Waals surface area contributed by atoms with Crippen LogP contribution in [0.1, 0.15) is 6.92 Å². The maximum atomic E-state index is 10.5. The lowest BCUT2D eigenvalue weighted by atomic mass is 10.3. The van der Waals surface area contributed by atoms with E-state index in [1.807, 2.05) is 0 Å². The average Bonchev–Trinajstić information content (AvgIpc) is 2.29. The van der Waals surface area contributed by atoms with Gasteiger partial charge in [0.2, 0.25) is 0 Å². The molecule has 1 aromatic rings. The van der Waals surface area contributed by atoms with Crippen molar-refractivity contribution >= 4 is 23.0 Å². The third-order valence-corrected chi connectivity index (χ3v) is 2.53. The zero-order chi connectivity index (χ0) is 13.5. The van der Waals surface area contributed by atoms with Crippen molar-refractivity contribution in [2.24, 2.45) is 0 Å². The van der Waals surface area contributed by atoms with Gasteiger partial charge in [0, 0.05) is 31.8 Å². The first kappa shape index (κ1) is 14.7. The minimum Gasteiger partial charge on any atom is -0.392 e. The number of nitrogens with zero attached hydrogens (tertiary/aromatic N) is 1. The normalized spacial score (nSPS) is 12.2. The fourth-order valence-electron chi connectivity index (χ4n) is 1.36. The number of anilines is 1. The Morgan fingerprint density at radius 3 is 2.78 bits per heavy atom. The molecule has 100 valence electrons. The first-order valence-corrected chi connectivity index (χ1v) is 5.95. The van der Waals surface area contributed by atoms with Crippen LogP contribution in [0.2, 0.25) is 5.02 Å². The third-order valence-electron chi connectivity index (χ3n) is 2.22. The Kier molecular flexibility index (Phi) is 5.84. The summed E-state index contributed by atoms with van der Waals surface area (Å²) in [7, 11) is 0. The van der Waals surface area contributed by atoms with E-state index in [-0.39, 0.29) is 11.8 Å². The molecule has 0 fully saturated rings. The van der Waals surface area contributed by atoms with Crippen molar-refractivity contribution < 1.29 is 10.0 Å². The molecular formula is C11H16ClN3O3. The topological polar surface area (TPSA) is 87.4 Å². The quantitative estimate of drug-likeness (QED) is 0.399. The van der Waals surface area contributed by atoms with Crippen molar-refractivity contribution in [1.82, 2.24) is 5.32 Å². The van der Waals surface area contributed by atoms with E-state index in [1.54, 1.807) is 13.0 Å². The van der Waals surface area contributed by atoms with Gasteiger partial charge < -0.3 is 15.7 Å². The lowest BCUT2D eigenvalue weighted by Gasteiger charge is -2.10. The molecule has 3 N–H and O–H groups in total. The lowest BCUT2D eigenvalue weighted by Crippen LogP contribution is -2.28. The van der Waals surface area contributed by atoms with Gasteiger partial charge >= 0.3 is 0 Å². The minimum absolute atomic E-state index is 0.0298. The standard InChI is InChI=1S/C11H16ClN3O3/c1-8(16)7-13-4-5-14-11-3-2-9(15(17)18)6-10(11)12/h2-3,6,8,13-14,16H,4-5,7H2,1H3/t8-/m1/s1. The number of aliphatic hydroxyl groups is 1. The van der Waals surface area contributed by atoms with Gasteiger partial charge in [0.15, 0.2) is 0 Å². The molecule has 0 aromatic heterocycles. The smallest absolute Gasteiger partial charge is 0.271 e. The van der Waals surface area contributed by atoms with E-state index < -0.39 is 4.92 Å². The van der Waals surface area contributed by atoms with Crippen LogP contribution in [0, 0.1) is 10.1 Å². The van der Waals surface area contributed by atoms with Crippen molar-refractivity contribution in [3.63, 3.8) is 0 Å². The highest BCUT2D eigenvalue weighted by Crippen LogP contribution is 2.26. The van der Waals surface area contributed by atoms with Gasteiger partial charge in [0.1, 0.15) is 0 Å². The monoisotopic (exact) mass is 273 g/mol. The molecule has 0 spiro atoms. The van der Waals surface area contributed by atoms with Gasteiger partial charge in [-0.3, -0.25) is 10.1 Å². The molecule has 0 bridgehead atoms. The zero-order valence-corrected chi connectivity index (χ0v) is 10.8. The van der Waals surface area contributed by atoms with Crippen LogP contribution in [-0.4, -0.2) is 35.8 Å². The zero-order valence-electron chi connectivity index (χ0n) is 10.0. The van der Waals surface area contributed by atoms with Crippen LogP contribution in [0.25, 0.3) is 0 Å². The van der Waals surface area contributed by atoms with E-state index in [4.69, 9.17) is 16.7 Å². The average molecular weight is 274 g/mol. The Morgan fingerprint density at radius 2 is 2.22 bits per heavy atom. The molecule has 0 aliphatic carbocycles. The number of nitro groups is 1. The van der Waals surface area contributed by atoms with Crippen molar-refractivity contribution in [3.8, 4) is 0 Å². The number of benzene rings is 1. The number of hydrogen-bond acceptors (Lipinski definition) is 5. The summed E-state index contributed by atoms with van der Waals surface area (Å²) >= 11 is 5.91. The van der Waals surface area contributed by atoms with Gasteiger partial charge in [0.25, 0.3) is 5.69 Å². The Hall–Kier alpha value is -1.37. The summed E-state index contributed by atoms with van der Waals surface area (Å²) in [5.41, 5.74) is 0.624. The molecule has 0 radical (unpaired) electrons. The van der Waals surface area contributed by atoms with Crippen LogP contribution in [0.3, 0.4) is 0 Å². The van der Waals surface area contributed by atoms with E-state index in [2.05, 4.69) is 10.6 Å². The van der Waals surface area contributed by atoms with Crippen LogP contribution in [0.5, 0.6) is 0 Å². The van der Waals surface area contributed by atoms with Crippen LogP contribution >= 0.6 is 11.6 Å². The van der Waals surface area contributed by atoms with E-state index in [0.717, 1.165) is 0 Å². The summed E-state index contributed by atoms with van der Waals surface area (Å²) in [6.07, 6.45) is -0.382. The predicted octanol–water partition coefficient (Wildman–Crippen LogP) is 1.63. The van der Waals surface area contributed by atoms with Crippen molar-refractivity contribution in [3.05, 3.63) is 33.3 Å². The van der Waals surface area contributed by atoms with E-state index >= 15 is 0 Å². The summed E-state index contributed by atoms with van der Waals surface area (Å²) in [5.74, 6) is 0. The molecule has 0 saturated carbocycles. The van der Waals surface area contributed by atoms with Gasteiger partial charge in [0.05, 0.1) is 21.7 Å². The number of rotatable bonds is 7. The molecule has 0 aliphatic heterocycles. The first-order chi connectivity index (χ1) is 8.50. The number of non-ortho nitro benzene ring substituents is 1. The molecule has 6 nitrogen and oxygen atoms in total. The summed E-state index contributed by atoms with van der Waals surface area (Å²) in [6, 6.07) is 4.29. The number of nitrogens with one attached hydrogen (secondary N) is 2. The SMILES string of the molecule is C[C@@H](O)CNCCNc1ccc([N+](=O)[O-])cc1Cl. The number of hydrogen-bond donors (Lipinski definition) is 3. The maximum absolute atomic E-state index is 10.5. The number of aliphatic hydroxyl groups excluding tert-OH is 1. The predicted molar refractivity (Wildman–Crippen MR) is 71.1 cm³/mol. The molecule has 18 heavy (non-hydrogen) atoms. The van der Waals surface area contributed by atoms with Gasteiger partial charge in [-0.05, 0) is 13.0 Å². The molecule has 1 atom stereocenters. The van der Waals surface area contributed by atoms with E-state index in [0.29, 0.717) is 30.3 Å². The highest BCUT2D eigenvalue weighted by molar-refractivity contribution is 6.33. The highest BCUT2D eigenvalue weighted by atomic mass is 35.5. The molecule has 0 saturated heterocycles. The summed E-state index contributed by atoms with van der Waals surface area (Å²) in [4.78, 5) is 10.0. The van der Waals surface area contributed by atoms with Crippen molar-refractivity contribution in [2.45, 2.75) is 13.0 Å². The van der Waals surface area contributed by atoms with Gasteiger partial charge in [-0.15, -0.1) is 0 Å². The number of halogens is 1. The van der Waals surface area contributed by atoms with E-state index in [1.165, 1.54) is 12.1 Å². The molecule has 7 heteroatoms. The van der Waals surface area contributed by atoms with Crippen LogP contribution < -0.4 is 10.6 Å². The highest BCUT2D eigenvalue weighted by Gasteiger charge is 2.08. The molecule has 0 aliphatic rings. The van der Waals surface area contributed by atoms with Crippen LogP contribution in [0.4, 0.5) is 11.4 Å². The second kappa shape index (κ2) is 7.15. The largest absolute Gasteiger partial charge is 0.392 e. The van der Waals surface area contributed by atoms with Crippen molar-refractivity contribution in [1.29, 1.82) is 0 Å². The second-order valence-electron chi connectivity index (χ2n) is 3.90. The first-order valence-electron chi connectivity index (χ1n) is 5.57. The lowest BCUT2D eigenvalue weighted by molar-refractivity contribution is -0.384. The third kappa shape index (κ3) is 4.87. The van der Waals surface area contributed by atoms with Crippen LogP contribution in [0.15, 0.2) is 18.2 Å². The second-order valence-corrected chi connectivity index (χ2v) is 4.31. The van der Waals surface area contributed by atoms with Crippen molar-refractivity contribution in [2.75, 3.05) is 25.0 Å². The summed E-state index contributed by atoms with van der Waals surface area (Å²) in [5, 5.41) is 26.0. The fourth-order valence-corrected chi connectivity index (χ4v) is 1.60. The Bertz CT molecular complexity index is 413. The summed E-state index contributed by atoms with van der Waals surface area (Å²) < 4.78 is 0. The molecule has 1 aromatic carbocycles. The Morgan fingerprint density at radius 1 is 1.50 bits per heavy atom. The number of nitro benzene ring substituents is 1. The molecule has 1 rings (SSSR count). The molecule has 0 heterocycles. The Balaban J connectivity index is 2.41. The summed E-state index contributed by atoms with van der Waals surface area (Å²) in [6.45, 7) is 3.51. The van der Waals surface area contributed by atoms with Crippen LogP contribution in [-0.2, 0) is 0 Å². The maximum Gasteiger partial charge on any atom is 0.271 e. The van der Waals surface area contributed by atoms with Gasteiger partial charge in [-0.1, -0.05) is 11.6 Å². The molecule has 0 unspecified atom stereocenters. The molecular weight excluding hydrogens is 258 g/mol. The van der Waals surface area contributed by atoms with Gasteiger partial charge in [-0.25, -0.2) is 0 Å². The van der Waals surface area contributed by atoms with E-state index in [9.17, 15) is 10.1 Å².